The van der Waals surface area contributed by atoms with Gasteiger partial charge in [-0.2, -0.15) is 0 Å². The monoisotopic (exact) mass is 324 g/mol. The standard InChI is InChI=1S/C19H20N2O3/c1-19(2,3)18(22)21-14-11-12(9-10-15(14)23-4)17-20-13-7-5-6-8-16(13)24-17/h5-11H,1-4H3,(H,21,22). The topological polar surface area (TPSA) is 64.4 Å². The third-order valence-corrected chi connectivity index (χ3v) is 3.67. The van der Waals surface area contributed by atoms with Crippen LogP contribution in [-0.2, 0) is 4.79 Å². The van der Waals surface area contributed by atoms with E-state index in [9.17, 15) is 4.79 Å². The second kappa shape index (κ2) is 6.00. The molecule has 2 aromatic carbocycles. The minimum Gasteiger partial charge on any atom is -0.495 e. The van der Waals surface area contributed by atoms with E-state index in [1.54, 1.807) is 13.2 Å². The molecule has 0 bridgehead atoms. The molecule has 5 nitrogen and oxygen atoms in total. The highest BCUT2D eigenvalue weighted by Crippen LogP contribution is 2.32. The summed E-state index contributed by atoms with van der Waals surface area (Å²) >= 11 is 0. The summed E-state index contributed by atoms with van der Waals surface area (Å²) in [4.78, 5) is 16.8. The average Bonchev–Trinajstić information content (AvgIpc) is 2.98. The van der Waals surface area contributed by atoms with Gasteiger partial charge in [0.2, 0.25) is 11.8 Å². The van der Waals surface area contributed by atoms with Gasteiger partial charge < -0.3 is 14.5 Å². The Hall–Kier alpha value is -2.82. The lowest BCUT2D eigenvalue weighted by atomic mass is 9.95. The van der Waals surface area contributed by atoms with Crippen LogP contribution in [0.25, 0.3) is 22.6 Å². The number of oxazole rings is 1. The maximum Gasteiger partial charge on any atom is 0.229 e. The molecule has 0 saturated carbocycles. The van der Waals surface area contributed by atoms with Crippen LogP contribution in [0.3, 0.4) is 0 Å². The van der Waals surface area contributed by atoms with Gasteiger partial charge in [0.05, 0.1) is 12.8 Å². The van der Waals surface area contributed by atoms with E-state index in [1.807, 2.05) is 57.2 Å². The molecule has 0 fully saturated rings. The van der Waals surface area contributed by atoms with Gasteiger partial charge in [-0.05, 0) is 30.3 Å². The number of aromatic nitrogens is 1. The molecular weight excluding hydrogens is 304 g/mol. The fraction of sp³-hybridized carbons (Fsp3) is 0.263. The minimum atomic E-state index is -0.501. The first-order valence-corrected chi connectivity index (χ1v) is 7.74. The van der Waals surface area contributed by atoms with Crippen molar-refractivity contribution in [3.8, 4) is 17.2 Å². The Morgan fingerprint density at radius 2 is 1.92 bits per heavy atom. The van der Waals surface area contributed by atoms with E-state index in [0.717, 1.165) is 16.7 Å². The molecule has 0 spiro atoms. The summed E-state index contributed by atoms with van der Waals surface area (Å²) in [7, 11) is 1.57. The lowest BCUT2D eigenvalue weighted by molar-refractivity contribution is -0.123. The number of fused-ring (bicyclic) bond motifs is 1. The number of ether oxygens (including phenoxy) is 1. The molecule has 0 radical (unpaired) electrons. The maximum absolute atomic E-state index is 12.3. The average molecular weight is 324 g/mol. The van der Waals surface area contributed by atoms with Crippen molar-refractivity contribution in [2.45, 2.75) is 20.8 Å². The van der Waals surface area contributed by atoms with Gasteiger partial charge >= 0.3 is 0 Å². The van der Waals surface area contributed by atoms with Crippen molar-refractivity contribution in [2.75, 3.05) is 12.4 Å². The zero-order valence-corrected chi connectivity index (χ0v) is 14.2. The van der Waals surface area contributed by atoms with Gasteiger partial charge in [-0.15, -0.1) is 0 Å². The van der Waals surface area contributed by atoms with Crippen LogP contribution < -0.4 is 10.1 Å². The fourth-order valence-electron chi connectivity index (χ4n) is 2.24. The van der Waals surface area contributed by atoms with Crippen molar-refractivity contribution in [3.05, 3.63) is 42.5 Å². The number of carbonyl (C=O) groups is 1. The molecule has 0 atom stereocenters. The van der Waals surface area contributed by atoms with E-state index >= 15 is 0 Å². The van der Waals surface area contributed by atoms with Gasteiger partial charge in [-0.1, -0.05) is 32.9 Å². The smallest absolute Gasteiger partial charge is 0.229 e. The highest BCUT2D eigenvalue weighted by Gasteiger charge is 2.23. The zero-order chi connectivity index (χ0) is 17.3. The Morgan fingerprint density at radius 1 is 1.17 bits per heavy atom. The largest absolute Gasteiger partial charge is 0.495 e. The number of methoxy groups -OCH3 is 1. The number of amides is 1. The van der Waals surface area contributed by atoms with Gasteiger partial charge in [0, 0.05) is 11.0 Å². The SMILES string of the molecule is COc1ccc(-c2nc3ccccc3o2)cc1NC(=O)C(C)(C)C. The molecule has 3 rings (SSSR count). The van der Waals surface area contributed by atoms with Gasteiger partial charge in [0.1, 0.15) is 11.3 Å². The molecule has 124 valence electrons. The van der Waals surface area contributed by atoms with Crippen LogP contribution in [-0.4, -0.2) is 18.0 Å². The van der Waals surface area contributed by atoms with E-state index in [1.165, 1.54) is 0 Å². The normalized spacial score (nSPS) is 11.5. The molecular formula is C19H20N2O3. The summed E-state index contributed by atoms with van der Waals surface area (Å²) in [5, 5.41) is 2.91. The molecule has 1 heterocycles. The molecule has 1 N–H and O–H groups in total. The van der Waals surface area contributed by atoms with Crippen molar-refractivity contribution in [1.82, 2.24) is 4.98 Å². The first kappa shape index (κ1) is 16.1. The first-order valence-electron chi connectivity index (χ1n) is 7.74. The summed E-state index contributed by atoms with van der Waals surface area (Å²) in [6.45, 7) is 5.58. The van der Waals surface area contributed by atoms with Gasteiger partial charge in [0.25, 0.3) is 0 Å². The number of nitrogens with one attached hydrogen (secondary N) is 1. The Morgan fingerprint density at radius 3 is 2.58 bits per heavy atom. The van der Waals surface area contributed by atoms with Crippen molar-refractivity contribution in [2.24, 2.45) is 5.41 Å². The molecule has 5 heteroatoms. The van der Waals surface area contributed by atoms with Crippen LogP contribution >= 0.6 is 0 Å². The second-order valence-electron chi connectivity index (χ2n) is 6.61. The van der Waals surface area contributed by atoms with Gasteiger partial charge in [-0.25, -0.2) is 4.98 Å². The van der Waals surface area contributed by atoms with E-state index in [-0.39, 0.29) is 5.91 Å². The highest BCUT2D eigenvalue weighted by atomic mass is 16.5. The number of hydrogen-bond donors (Lipinski definition) is 1. The van der Waals surface area contributed by atoms with Crippen LogP contribution in [0.4, 0.5) is 5.69 Å². The molecule has 0 aliphatic carbocycles. The molecule has 1 amide bonds. The quantitative estimate of drug-likeness (QED) is 0.771. The van der Waals surface area contributed by atoms with Crippen LogP contribution in [0.15, 0.2) is 46.9 Å². The zero-order valence-electron chi connectivity index (χ0n) is 14.2. The van der Waals surface area contributed by atoms with Crippen molar-refractivity contribution >= 4 is 22.7 Å². The molecule has 0 saturated heterocycles. The summed E-state index contributed by atoms with van der Waals surface area (Å²) in [5.41, 5.74) is 2.39. The summed E-state index contributed by atoms with van der Waals surface area (Å²) < 4.78 is 11.1. The Labute approximate surface area is 140 Å². The lowest BCUT2D eigenvalue weighted by Gasteiger charge is -2.19. The van der Waals surface area contributed by atoms with E-state index < -0.39 is 5.41 Å². The molecule has 24 heavy (non-hydrogen) atoms. The minimum absolute atomic E-state index is 0.0875. The molecule has 0 aliphatic rings. The molecule has 1 aromatic heterocycles. The number of rotatable bonds is 3. The Kier molecular flexibility index (Phi) is 4.01. The van der Waals surface area contributed by atoms with Crippen LogP contribution in [0.1, 0.15) is 20.8 Å². The number of anilines is 1. The summed E-state index contributed by atoms with van der Waals surface area (Å²) in [6, 6.07) is 13.1. The van der Waals surface area contributed by atoms with E-state index in [0.29, 0.717) is 17.3 Å². The predicted octanol–water partition coefficient (Wildman–Crippen LogP) is 4.49. The lowest BCUT2D eigenvalue weighted by Crippen LogP contribution is -2.27. The number of benzene rings is 2. The molecule has 3 aromatic rings. The van der Waals surface area contributed by atoms with Crippen LogP contribution in [0, 0.1) is 5.41 Å². The van der Waals surface area contributed by atoms with Crippen molar-refractivity contribution in [1.29, 1.82) is 0 Å². The van der Waals surface area contributed by atoms with Crippen molar-refractivity contribution < 1.29 is 13.9 Å². The van der Waals surface area contributed by atoms with E-state index in [4.69, 9.17) is 9.15 Å². The van der Waals surface area contributed by atoms with Gasteiger partial charge in [0.15, 0.2) is 5.58 Å². The Bertz CT molecular complexity index is 858. The summed E-state index contributed by atoms with van der Waals surface area (Å²) in [5.74, 6) is 1.01. The van der Waals surface area contributed by atoms with E-state index in [2.05, 4.69) is 10.3 Å². The first-order chi connectivity index (χ1) is 11.4. The number of para-hydroxylation sites is 2. The summed E-state index contributed by atoms with van der Waals surface area (Å²) in [6.07, 6.45) is 0. The number of nitrogens with zero attached hydrogens (tertiary/aromatic N) is 1. The molecule has 0 unspecified atom stereocenters. The highest BCUT2D eigenvalue weighted by molar-refractivity contribution is 5.96. The third-order valence-electron chi connectivity index (χ3n) is 3.67. The number of hydrogen-bond acceptors (Lipinski definition) is 4. The maximum atomic E-state index is 12.3. The second-order valence-corrected chi connectivity index (χ2v) is 6.61. The third kappa shape index (κ3) is 3.11. The predicted molar refractivity (Wildman–Crippen MR) is 94.1 cm³/mol. The number of carbonyl (C=O) groups excluding carboxylic acids is 1. The Balaban J connectivity index is 2.00. The van der Waals surface area contributed by atoms with Gasteiger partial charge in [-0.3, -0.25) is 4.79 Å². The van der Waals surface area contributed by atoms with Crippen LogP contribution in [0.5, 0.6) is 5.75 Å². The fourth-order valence-corrected chi connectivity index (χ4v) is 2.24. The molecule has 0 aliphatic heterocycles. The van der Waals surface area contributed by atoms with Crippen LogP contribution in [0.2, 0.25) is 0 Å². The van der Waals surface area contributed by atoms with Crippen molar-refractivity contribution in [3.63, 3.8) is 0 Å².